The summed E-state index contributed by atoms with van der Waals surface area (Å²) in [4.78, 5) is 0. The van der Waals surface area contributed by atoms with Gasteiger partial charge in [0.25, 0.3) is 0 Å². The Bertz CT molecular complexity index is 414. The van der Waals surface area contributed by atoms with Gasteiger partial charge in [-0.15, -0.1) is 0 Å². The van der Waals surface area contributed by atoms with E-state index in [0.717, 1.165) is 17.1 Å². The van der Waals surface area contributed by atoms with Crippen LogP contribution < -0.4 is 5.32 Å². The van der Waals surface area contributed by atoms with Crippen LogP contribution in [0.2, 0.25) is 5.02 Å². The van der Waals surface area contributed by atoms with Crippen LogP contribution in [0.3, 0.4) is 0 Å². The van der Waals surface area contributed by atoms with Gasteiger partial charge in [-0.1, -0.05) is 23.7 Å². The third-order valence-electron chi connectivity index (χ3n) is 2.11. The third-order valence-corrected chi connectivity index (χ3v) is 3.39. The molecule has 0 bridgehead atoms. The highest BCUT2D eigenvalue weighted by Gasteiger charge is 2.00. The highest BCUT2D eigenvalue weighted by atomic mass is 35.5. The molecule has 1 rings (SSSR count). The lowest BCUT2D eigenvalue weighted by Crippen LogP contribution is -2.17. The molecule has 1 aromatic rings. The number of hydrogen-bond donors (Lipinski definition) is 1. The SMILES string of the molecule is CS(=O)(=O)CCCNCc1ccc(Cl)cc1. The predicted molar refractivity (Wildman–Crippen MR) is 67.5 cm³/mol. The van der Waals surface area contributed by atoms with Gasteiger partial charge in [-0.05, 0) is 30.7 Å². The van der Waals surface area contributed by atoms with Gasteiger partial charge in [-0.2, -0.15) is 0 Å². The van der Waals surface area contributed by atoms with Crippen LogP contribution in [-0.4, -0.2) is 27.0 Å². The maximum Gasteiger partial charge on any atom is 0.147 e. The van der Waals surface area contributed by atoms with E-state index < -0.39 is 9.84 Å². The summed E-state index contributed by atoms with van der Waals surface area (Å²) in [5, 5.41) is 3.91. The van der Waals surface area contributed by atoms with Crippen molar-refractivity contribution in [2.45, 2.75) is 13.0 Å². The molecule has 1 aromatic carbocycles. The van der Waals surface area contributed by atoms with E-state index in [-0.39, 0.29) is 5.75 Å². The average Bonchev–Trinajstić information content (AvgIpc) is 2.19. The van der Waals surface area contributed by atoms with E-state index in [9.17, 15) is 8.42 Å². The molecule has 0 saturated carbocycles. The van der Waals surface area contributed by atoms with Gasteiger partial charge < -0.3 is 5.32 Å². The quantitative estimate of drug-likeness (QED) is 0.796. The molecule has 0 aliphatic carbocycles. The summed E-state index contributed by atoms with van der Waals surface area (Å²) in [6.45, 7) is 1.44. The van der Waals surface area contributed by atoms with Gasteiger partial charge in [0, 0.05) is 17.8 Å². The number of nitrogens with one attached hydrogen (secondary N) is 1. The molecule has 0 atom stereocenters. The second kappa shape index (κ2) is 6.23. The summed E-state index contributed by atoms with van der Waals surface area (Å²) >= 11 is 5.76. The topological polar surface area (TPSA) is 46.2 Å². The summed E-state index contributed by atoms with van der Waals surface area (Å²) < 4.78 is 21.7. The number of rotatable bonds is 6. The van der Waals surface area contributed by atoms with Crippen molar-refractivity contribution < 1.29 is 8.42 Å². The van der Waals surface area contributed by atoms with Crippen LogP contribution in [0.15, 0.2) is 24.3 Å². The van der Waals surface area contributed by atoms with Crippen molar-refractivity contribution in [3.8, 4) is 0 Å². The molecule has 0 amide bonds. The van der Waals surface area contributed by atoms with E-state index >= 15 is 0 Å². The van der Waals surface area contributed by atoms with Crippen molar-refractivity contribution in [1.29, 1.82) is 0 Å². The fraction of sp³-hybridized carbons (Fsp3) is 0.455. The molecule has 90 valence electrons. The molecule has 0 unspecified atom stereocenters. The Balaban J connectivity index is 2.19. The minimum atomic E-state index is -2.83. The van der Waals surface area contributed by atoms with Gasteiger partial charge in [0.1, 0.15) is 9.84 Å². The molecule has 0 heterocycles. The minimum Gasteiger partial charge on any atom is -0.313 e. The van der Waals surface area contributed by atoms with Gasteiger partial charge in [0.05, 0.1) is 5.75 Å². The summed E-state index contributed by atoms with van der Waals surface area (Å²) in [7, 11) is -2.83. The molecule has 16 heavy (non-hydrogen) atoms. The fourth-order valence-corrected chi connectivity index (χ4v) is 2.09. The lowest BCUT2D eigenvalue weighted by atomic mass is 10.2. The van der Waals surface area contributed by atoms with Crippen molar-refractivity contribution in [2.24, 2.45) is 0 Å². The van der Waals surface area contributed by atoms with E-state index in [2.05, 4.69) is 5.32 Å². The zero-order valence-electron chi connectivity index (χ0n) is 9.24. The molecule has 3 nitrogen and oxygen atoms in total. The Labute approximate surface area is 102 Å². The van der Waals surface area contributed by atoms with Crippen molar-refractivity contribution >= 4 is 21.4 Å². The molecule has 0 aliphatic rings. The zero-order valence-corrected chi connectivity index (χ0v) is 10.8. The molecule has 0 fully saturated rings. The minimum absolute atomic E-state index is 0.237. The monoisotopic (exact) mass is 261 g/mol. The van der Waals surface area contributed by atoms with E-state index in [0.29, 0.717) is 13.0 Å². The van der Waals surface area contributed by atoms with E-state index in [4.69, 9.17) is 11.6 Å². The Morgan fingerprint density at radius 3 is 2.44 bits per heavy atom. The first kappa shape index (κ1) is 13.5. The van der Waals surface area contributed by atoms with Crippen molar-refractivity contribution in [1.82, 2.24) is 5.32 Å². The predicted octanol–water partition coefficient (Wildman–Crippen LogP) is 1.86. The van der Waals surface area contributed by atoms with Crippen molar-refractivity contribution in [3.05, 3.63) is 34.9 Å². The summed E-state index contributed by atoms with van der Waals surface area (Å²) in [5.41, 5.74) is 1.14. The van der Waals surface area contributed by atoms with Crippen LogP contribution in [0, 0.1) is 0 Å². The molecule has 0 aliphatic heterocycles. The van der Waals surface area contributed by atoms with E-state index in [1.165, 1.54) is 6.26 Å². The molecule has 0 aromatic heterocycles. The van der Waals surface area contributed by atoms with Crippen LogP contribution >= 0.6 is 11.6 Å². The Morgan fingerprint density at radius 1 is 1.25 bits per heavy atom. The largest absolute Gasteiger partial charge is 0.313 e. The van der Waals surface area contributed by atoms with Gasteiger partial charge >= 0.3 is 0 Å². The number of sulfone groups is 1. The average molecular weight is 262 g/mol. The van der Waals surface area contributed by atoms with E-state index in [1.54, 1.807) is 0 Å². The molecule has 0 radical (unpaired) electrons. The van der Waals surface area contributed by atoms with Crippen LogP contribution in [0.5, 0.6) is 0 Å². The summed E-state index contributed by atoms with van der Waals surface area (Å²) in [6.07, 6.45) is 1.90. The van der Waals surface area contributed by atoms with Gasteiger partial charge in [-0.25, -0.2) is 8.42 Å². The maximum atomic E-state index is 10.9. The maximum absolute atomic E-state index is 10.9. The smallest absolute Gasteiger partial charge is 0.147 e. The number of halogens is 1. The Kier molecular flexibility index (Phi) is 5.25. The standard InChI is InChI=1S/C11H16ClNO2S/c1-16(14,15)8-2-7-13-9-10-3-5-11(12)6-4-10/h3-6,13H,2,7-9H2,1H3. The lowest BCUT2D eigenvalue weighted by molar-refractivity contribution is 0.594. The fourth-order valence-electron chi connectivity index (χ4n) is 1.29. The van der Waals surface area contributed by atoms with Gasteiger partial charge in [0.2, 0.25) is 0 Å². The first-order valence-corrected chi connectivity index (χ1v) is 7.54. The molecular weight excluding hydrogens is 246 g/mol. The molecule has 1 N–H and O–H groups in total. The van der Waals surface area contributed by atoms with Crippen LogP contribution in [-0.2, 0) is 16.4 Å². The van der Waals surface area contributed by atoms with Crippen LogP contribution in [0.1, 0.15) is 12.0 Å². The molecule has 0 saturated heterocycles. The first-order chi connectivity index (χ1) is 7.47. The lowest BCUT2D eigenvalue weighted by Gasteiger charge is -2.04. The molecule has 5 heteroatoms. The zero-order chi connectivity index (χ0) is 12.0. The van der Waals surface area contributed by atoms with Gasteiger partial charge in [-0.3, -0.25) is 0 Å². The highest BCUT2D eigenvalue weighted by molar-refractivity contribution is 7.90. The number of hydrogen-bond acceptors (Lipinski definition) is 3. The summed E-state index contributed by atoms with van der Waals surface area (Å²) in [6, 6.07) is 7.59. The van der Waals surface area contributed by atoms with Crippen LogP contribution in [0.25, 0.3) is 0 Å². The molecule has 0 spiro atoms. The first-order valence-electron chi connectivity index (χ1n) is 5.10. The second-order valence-corrected chi connectivity index (χ2v) is 6.48. The van der Waals surface area contributed by atoms with E-state index in [1.807, 2.05) is 24.3 Å². The molecular formula is C11H16ClNO2S. The van der Waals surface area contributed by atoms with Gasteiger partial charge in [0.15, 0.2) is 0 Å². The van der Waals surface area contributed by atoms with Crippen LogP contribution in [0.4, 0.5) is 0 Å². The highest BCUT2D eigenvalue weighted by Crippen LogP contribution is 2.08. The number of benzene rings is 1. The normalized spacial score (nSPS) is 11.6. The third kappa shape index (κ3) is 6.10. The Hall–Kier alpha value is -0.580. The van der Waals surface area contributed by atoms with Crippen molar-refractivity contribution in [2.75, 3.05) is 18.6 Å². The van der Waals surface area contributed by atoms with Crippen molar-refractivity contribution in [3.63, 3.8) is 0 Å². The summed E-state index contributed by atoms with van der Waals surface area (Å²) in [5.74, 6) is 0.237. The Morgan fingerprint density at radius 2 is 1.88 bits per heavy atom. The second-order valence-electron chi connectivity index (χ2n) is 3.79.